The molecule has 0 radical (unpaired) electrons. The van der Waals surface area contributed by atoms with Crippen molar-refractivity contribution in [1.29, 1.82) is 0 Å². The van der Waals surface area contributed by atoms with Crippen LogP contribution in [0, 0.1) is 0 Å². The Morgan fingerprint density at radius 2 is 1.61 bits per heavy atom. The third-order valence-electron chi connectivity index (χ3n) is 7.06. The van der Waals surface area contributed by atoms with Crippen molar-refractivity contribution in [2.45, 2.75) is 82.9 Å². The van der Waals surface area contributed by atoms with Gasteiger partial charge in [-0.25, -0.2) is 17.9 Å². The lowest BCUT2D eigenvalue weighted by atomic mass is 10.0. The van der Waals surface area contributed by atoms with Crippen LogP contribution in [0.5, 0.6) is 11.5 Å². The van der Waals surface area contributed by atoms with Crippen molar-refractivity contribution < 1.29 is 41.7 Å². The van der Waals surface area contributed by atoms with Crippen molar-refractivity contribution in [3.8, 4) is 11.5 Å². The van der Waals surface area contributed by atoms with Gasteiger partial charge in [-0.3, -0.25) is 9.59 Å². The molecule has 1 saturated heterocycles. The number of esters is 1. The van der Waals surface area contributed by atoms with E-state index in [1.54, 1.807) is 69.3 Å². The highest BCUT2D eigenvalue weighted by Crippen LogP contribution is 2.25. The maximum atomic E-state index is 13.9. The van der Waals surface area contributed by atoms with Crippen LogP contribution in [-0.4, -0.2) is 81.1 Å². The zero-order valence-electron chi connectivity index (χ0n) is 26.3. The minimum absolute atomic E-state index is 0.0471. The number of hydrogen-bond acceptors (Lipinski definition) is 9. The zero-order valence-corrected chi connectivity index (χ0v) is 27.8. The number of alkyl halides is 1. The van der Waals surface area contributed by atoms with Gasteiger partial charge in [0.25, 0.3) is 0 Å². The van der Waals surface area contributed by atoms with Crippen molar-refractivity contribution in [2.75, 3.05) is 24.8 Å². The predicted octanol–water partition coefficient (Wildman–Crippen LogP) is 2.96. The fraction of sp³-hybridized carbons (Fsp3) is 0.531. The lowest BCUT2D eigenvalue weighted by Crippen LogP contribution is -2.58. The third-order valence-corrected chi connectivity index (χ3v) is 8.80. The SMILES string of the molecule is CC(C)(C)OC(=O)[C@@H]1Cc2cccc(c2)Oc2cccc(c2)C[C@H](NS(=O)(=O)CCCCl)C(=O)N[C@@H](CC2OCCCO2)C(=O)N1. The quantitative estimate of drug-likeness (QED) is 0.282. The number of ether oxygens (including phenoxy) is 4. The molecule has 252 valence electrons. The molecule has 4 rings (SSSR count). The average molecular weight is 680 g/mol. The van der Waals surface area contributed by atoms with Crippen molar-refractivity contribution in [3.05, 3.63) is 59.7 Å². The van der Waals surface area contributed by atoms with Gasteiger partial charge in [-0.2, -0.15) is 0 Å². The van der Waals surface area contributed by atoms with Gasteiger partial charge in [-0.1, -0.05) is 24.3 Å². The van der Waals surface area contributed by atoms with E-state index >= 15 is 0 Å². The van der Waals surface area contributed by atoms with Crippen molar-refractivity contribution in [2.24, 2.45) is 0 Å². The minimum atomic E-state index is -3.93. The maximum Gasteiger partial charge on any atom is 0.329 e. The molecule has 0 unspecified atom stereocenters. The number of fused-ring (bicyclic) bond motifs is 4. The fourth-order valence-corrected chi connectivity index (χ4v) is 6.55. The fourth-order valence-electron chi connectivity index (χ4n) is 4.99. The van der Waals surface area contributed by atoms with Crippen LogP contribution >= 0.6 is 11.6 Å². The second kappa shape index (κ2) is 16.1. The van der Waals surface area contributed by atoms with E-state index in [1.807, 2.05) is 0 Å². The van der Waals surface area contributed by atoms with Gasteiger partial charge < -0.3 is 29.6 Å². The molecule has 2 aliphatic heterocycles. The van der Waals surface area contributed by atoms with Crippen molar-refractivity contribution in [1.82, 2.24) is 15.4 Å². The number of sulfonamides is 1. The van der Waals surface area contributed by atoms with E-state index in [4.69, 9.17) is 30.5 Å². The Balaban J connectivity index is 1.74. The first-order valence-corrected chi connectivity index (χ1v) is 17.5. The van der Waals surface area contributed by atoms with Gasteiger partial charge in [0.05, 0.1) is 19.0 Å². The molecule has 12 nitrogen and oxygen atoms in total. The first-order chi connectivity index (χ1) is 21.8. The van der Waals surface area contributed by atoms with Crippen LogP contribution in [0.2, 0.25) is 0 Å². The molecule has 2 heterocycles. The second-order valence-corrected chi connectivity index (χ2v) is 14.5. The highest BCUT2D eigenvalue weighted by atomic mass is 35.5. The van der Waals surface area contributed by atoms with Crippen LogP contribution in [0.3, 0.4) is 0 Å². The number of carbonyl (C=O) groups is 3. The molecule has 0 spiro atoms. The Labute approximate surface area is 274 Å². The van der Waals surface area contributed by atoms with Crippen LogP contribution in [0.4, 0.5) is 0 Å². The highest BCUT2D eigenvalue weighted by molar-refractivity contribution is 7.89. The zero-order chi connectivity index (χ0) is 33.3. The second-order valence-electron chi connectivity index (χ2n) is 12.3. The first-order valence-electron chi connectivity index (χ1n) is 15.3. The van der Waals surface area contributed by atoms with E-state index in [0.29, 0.717) is 42.3 Å². The van der Waals surface area contributed by atoms with E-state index < -0.39 is 57.8 Å². The van der Waals surface area contributed by atoms with Crippen LogP contribution in [0.25, 0.3) is 0 Å². The molecule has 0 saturated carbocycles. The molecule has 2 aliphatic rings. The molecule has 4 bridgehead atoms. The summed E-state index contributed by atoms with van der Waals surface area (Å²) in [5, 5.41) is 5.45. The van der Waals surface area contributed by atoms with Crippen LogP contribution in [0.1, 0.15) is 51.2 Å². The molecule has 3 N–H and O–H groups in total. The number of hydrogen-bond donors (Lipinski definition) is 3. The molecular weight excluding hydrogens is 638 g/mol. The molecule has 0 aromatic heterocycles. The standard InChI is InChI=1S/C32H42ClN3O9S/c1-32(2,3)45-31(39)27-19-22-9-5-11-24(17-22)44-23-10-4-8-21(16-23)18-26(36-46(40,41)15-6-12-33)30(38)34-25(29(37)35-27)20-28-42-13-7-14-43-28/h4-5,8-11,16-17,25-28,36H,6-7,12-15,18-20H2,1-3H3,(H,34,38)(H,35,37)/t25-,26-,27-/m0/s1. The molecular formula is C32H42ClN3O9S. The molecule has 2 aromatic rings. The number of benzene rings is 2. The first kappa shape index (κ1) is 35.6. The Morgan fingerprint density at radius 1 is 0.978 bits per heavy atom. The van der Waals surface area contributed by atoms with Gasteiger partial charge in [0.15, 0.2) is 6.29 Å². The smallest absolute Gasteiger partial charge is 0.329 e. The average Bonchev–Trinajstić information content (AvgIpc) is 2.98. The predicted molar refractivity (Wildman–Crippen MR) is 171 cm³/mol. The van der Waals surface area contributed by atoms with Gasteiger partial charge in [-0.05, 0) is 75.4 Å². The molecule has 0 aliphatic carbocycles. The summed E-state index contributed by atoms with van der Waals surface area (Å²) in [6, 6.07) is 10.4. The molecule has 3 atom stereocenters. The Hall–Kier alpha value is -3.23. The van der Waals surface area contributed by atoms with Crippen molar-refractivity contribution in [3.63, 3.8) is 0 Å². The van der Waals surface area contributed by atoms with Crippen LogP contribution < -0.4 is 20.1 Å². The number of halogens is 1. The Kier molecular flexibility index (Phi) is 12.4. The number of rotatable bonds is 8. The van der Waals surface area contributed by atoms with E-state index in [2.05, 4.69) is 15.4 Å². The van der Waals surface area contributed by atoms with Crippen LogP contribution in [-0.2, 0) is 51.5 Å². The summed E-state index contributed by atoms with van der Waals surface area (Å²) in [5.41, 5.74) is 0.479. The lowest BCUT2D eigenvalue weighted by Gasteiger charge is -2.30. The topological polar surface area (TPSA) is 158 Å². The molecule has 2 aromatic carbocycles. The molecule has 1 fully saturated rings. The summed E-state index contributed by atoms with van der Waals surface area (Å²) in [4.78, 5) is 41.1. The third kappa shape index (κ3) is 11.2. The van der Waals surface area contributed by atoms with Crippen LogP contribution in [0.15, 0.2) is 48.5 Å². The van der Waals surface area contributed by atoms with Gasteiger partial charge >= 0.3 is 5.97 Å². The van der Waals surface area contributed by atoms with Crippen molar-refractivity contribution >= 4 is 39.4 Å². The summed E-state index contributed by atoms with van der Waals surface area (Å²) < 4.78 is 51.4. The normalized spacial score (nSPS) is 21.9. The summed E-state index contributed by atoms with van der Waals surface area (Å²) >= 11 is 5.73. The molecule has 2 amide bonds. The molecule has 46 heavy (non-hydrogen) atoms. The molecule has 14 heteroatoms. The number of nitrogens with one attached hydrogen (secondary N) is 3. The highest BCUT2D eigenvalue weighted by Gasteiger charge is 2.35. The van der Waals surface area contributed by atoms with Gasteiger partial charge in [0, 0.05) is 18.7 Å². The van der Waals surface area contributed by atoms with E-state index in [9.17, 15) is 22.8 Å². The Morgan fingerprint density at radius 3 is 2.22 bits per heavy atom. The van der Waals surface area contributed by atoms with Gasteiger partial charge in [0.2, 0.25) is 21.8 Å². The summed E-state index contributed by atoms with van der Waals surface area (Å²) in [6.45, 7) is 5.98. The summed E-state index contributed by atoms with van der Waals surface area (Å²) in [5.74, 6) is -1.31. The number of amides is 2. The monoisotopic (exact) mass is 679 g/mol. The van der Waals surface area contributed by atoms with Gasteiger partial charge in [-0.15, -0.1) is 11.6 Å². The summed E-state index contributed by atoms with van der Waals surface area (Å²) in [7, 11) is -3.93. The summed E-state index contributed by atoms with van der Waals surface area (Å²) in [6.07, 6.45) is -0.00906. The minimum Gasteiger partial charge on any atom is -0.458 e. The van der Waals surface area contributed by atoms with Gasteiger partial charge in [0.1, 0.15) is 35.2 Å². The lowest BCUT2D eigenvalue weighted by molar-refractivity contribution is -0.185. The maximum absolute atomic E-state index is 13.9. The number of carbonyl (C=O) groups excluding carboxylic acids is 3. The van der Waals surface area contributed by atoms with E-state index in [1.165, 1.54) is 0 Å². The van der Waals surface area contributed by atoms with E-state index in [0.717, 1.165) is 0 Å². The Bertz CT molecular complexity index is 1480. The largest absolute Gasteiger partial charge is 0.458 e. The van der Waals surface area contributed by atoms with E-state index in [-0.39, 0.29) is 37.3 Å².